The van der Waals surface area contributed by atoms with Gasteiger partial charge in [0, 0.05) is 0 Å². The molecule has 0 fully saturated rings. The van der Waals surface area contributed by atoms with Crippen molar-refractivity contribution in [3.8, 4) is 0 Å². The minimum Gasteiger partial charge on any atom is -0.394 e. The minimum atomic E-state index is -0.0521. The van der Waals surface area contributed by atoms with Crippen molar-refractivity contribution in [3.05, 3.63) is 0 Å². The highest BCUT2D eigenvalue weighted by Crippen LogP contribution is 1.57. The number of aliphatic hydroxyl groups excluding tert-OH is 1. The van der Waals surface area contributed by atoms with Gasteiger partial charge >= 0.3 is 0 Å². The Morgan fingerprint density at radius 2 is 3.00 bits per heavy atom. The number of hydrogen-bond donors (Lipinski definition) is 1. The summed E-state index contributed by atoms with van der Waals surface area (Å²) in [5.41, 5.74) is 0. The van der Waals surface area contributed by atoms with Crippen LogP contribution in [-0.4, -0.2) is 19.8 Å². The van der Waals surface area contributed by atoms with Gasteiger partial charge in [-0.1, -0.05) is 0 Å². The van der Waals surface area contributed by atoms with Gasteiger partial charge in [-0.25, -0.2) is 4.89 Å². The molecule has 0 spiro atoms. The van der Waals surface area contributed by atoms with Gasteiger partial charge in [-0.3, -0.25) is 0 Å². The summed E-state index contributed by atoms with van der Waals surface area (Å²) in [5.74, 6) is 0. The highest BCUT2D eigenvalue weighted by molar-refractivity contribution is 4.09. The molecule has 3 nitrogen and oxygen atoms in total. The van der Waals surface area contributed by atoms with Crippen LogP contribution in [0.15, 0.2) is 0 Å². The van der Waals surface area contributed by atoms with E-state index in [0.29, 0.717) is 0 Å². The number of aliphatic hydroxyl groups is 1. The van der Waals surface area contributed by atoms with Gasteiger partial charge in [0.05, 0.1) is 6.61 Å². The monoisotopic (exact) mass is 78.0 g/mol. The van der Waals surface area contributed by atoms with Crippen molar-refractivity contribution >= 4 is 0 Å². The summed E-state index contributed by atoms with van der Waals surface area (Å²) in [7, 11) is 0. The van der Waals surface area contributed by atoms with Crippen LogP contribution in [-0.2, 0) is 10.1 Å². The van der Waals surface area contributed by atoms with Crippen LogP contribution in [0.4, 0.5) is 0 Å². The average Bonchev–Trinajstić information content (AvgIpc) is 1.61. The Balaban J connectivity index is 2.34. The molecule has 1 N–H and O–H groups in total. The zero-order valence-electron chi connectivity index (χ0n) is 3.64. The van der Waals surface area contributed by atoms with Crippen molar-refractivity contribution in [1.29, 1.82) is 1.43 Å². The summed E-state index contributed by atoms with van der Waals surface area (Å²) in [4.78, 5) is 3.29. The van der Waals surface area contributed by atoms with Gasteiger partial charge < -0.3 is 5.11 Å². The molecule has 0 saturated carbocycles. The smallest absolute Gasteiger partial charge is 0.210 e. The van der Waals surface area contributed by atoms with Crippen LogP contribution in [0.3, 0.4) is 0 Å². The molecule has 31 valence electrons. The van der Waals surface area contributed by atoms with Gasteiger partial charge in [0.2, 0.25) is 1.43 Å². The predicted molar refractivity (Wildman–Crippen MR) is 13.7 cm³/mol. The van der Waals surface area contributed by atoms with Crippen molar-refractivity contribution in [3.63, 3.8) is 0 Å². The predicted octanol–water partition coefficient (Wildman–Crippen LogP) is -0.659. The first kappa shape index (κ1) is 3.08. The second-order valence-electron chi connectivity index (χ2n) is 0.526. The average molecular weight is 78.1 g/mol. The summed E-state index contributed by atoms with van der Waals surface area (Å²) >= 11 is 0. The molecular formula is C2H5O3. The third-order valence-electron chi connectivity index (χ3n) is 0.167. The zero-order valence-corrected chi connectivity index (χ0v) is 2.64. The fraction of sp³-hybridized carbons (Fsp3) is 1.00. The molecule has 0 unspecified atom stereocenters. The molecule has 3 heteroatoms. The van der Waals surface area contributed by atoms with Gasteiger partial charge in [-0.05, 0) is 5.26 Å². The summed E-state index contributed by atoms with van der Waals surface area (Å²) in [6.45, 7) is -0.00694. The number of rotatable bonds is 3. The second-order valence-corrected chi connectivity index (χ2v) is 0.526. The van der Waals surface area contributed by atoms with Crippen molar-refractivity contribution < 1.29 is 15.3 Å². The van der Waals surface area contributed by atoms with E-state index in [0.717, 1.165) is 0 Å². The lowest BCUT2D eigenvalue weighted by Crippen LogP contribution is -1.91. The Morgan fingerprint density at radius 3 is 3.20 bits per heavy atom. The lowest BCUT2D eigenvalue weighted by molar-refractivity contribution is -0.306. The van der Waals surface area contributed by atoms with Crippen LogP contribution < -0.4 is 0 Å². The van der Waals surface area contributed by atoms with Crippen LogP contribution in [0.1, 0.15) is 0 Å². The van der Waals surface area contributed by atoms with Crippen molar-refractivity contribution in [2.45, 2.75) is 0 Å². The van der Waals surface area contributed by atoms with E-state index in [1.807, 2.05) is 0 Å². The maximum absolute atomic E-state index is 9.03. The van der Waals surface area contributed by atoms with Crippen molar-refractivity contribution in [1.82, 2.24) is 0 Å². The van der Waals surface area contributed by atoms with Gasteiger partial charge in [0.15, 0.2) is 0 Å². The minimum absolute atomic E-state index is 0.0451. The molecule has 0 aliphatic rings. The Morgan fingerprint density at radius 1 is 2.20 bits per heavy atom. The van der Waals surface area contributed by atoms with E-state index in [4.69, 9.17) is 6.69 Å². The van der Waals surface area contributed by atoms with Crippen LogP contribution in [0.2, 0.25) is 0 Å². The van der Waals surface area contributed by atoms with E-state index >= 15 is 0 Å². The maximum atomic E-state index is 9.03. The van der Waals surface area contributed by atoms with Crippen LogP contribution in [0.5, 0.6) is 0 Å². The molecule has 0 aromatic carbocycles. The Kier molecular flexibility index (Phi) is 2.39. The molecule has 0 aliphatic carbocycles. The molecule has 0 saturated heterocycles. The first-order valence-electron chi connectivity index (χ1n) is 1.65. The topological polar surface area (TPSA) is 49.4 Å². The molecule has 0 heterocycles. The lowest BCUT2D eigenvalue weighted by Gasteiger charge is -1.78. The largest absolute Gasteiger partial charge is 0.394 e. The SMILES string of the molecule is [2H]OCCO[O]. The summed E-state index contributed by atoms with van der Waals surface area (Å²) < 4.78 is 5.99. The fourth-order valence-electron chi connectivity index (χ4n) is 0.0340. The van der Waals surface area contributed by atoms with Gasteiger partial charge in [0.1, 0.15) is 6.61 Å². The maximum Gasteiger partial charge on any atom is 0.210 e. The molecule has 0 aromatic rings. The molecule has 5 heavy (non-hydrogen) atoms. The molecular weight excluding hydrogens is 72.0 g/mol. The third kappa shape index (κ3) is 3.88. The quantitative estimate of drug-likeness (QED) is 0.277. The Labute approximate surface area is 31.2 Å². The summed E-state index contributed by atoms with van der Waals surface area (Å²) in [6, 6.07) is 0. The van der Waals surface area contributed by atoms with E-state index in [-0.39, 0.29) is 13.2 Å². The van der Waals surface area contributed by atoms with E-state index in [2.05, 4.69) is 10.00 Å². The standard InChI is InChI=1S/C2H5O3/c3-1-2-5-4/h3H,1-2H2/i3D. The van der Waals surface area contributed by atoms with Gasteiger partial charge in [0.25, 0.3) is 0 Å². The van der Waals surface area contributed by atoms with Crippen LogP contribution in [0, 0.1) is 0 Å². The zero-order chi connectivity index (χ0) is 4.83. The van der Waals surface area contributed by atoms with Gasteiger partial charge in [-0.15, -0.1) is 0 Å². The summed E-state index contributed by atoms with van der Waals surface area (Å²) in [5, 5.41) is 12.7. The fourth-order valence-corrected chi connectivity index (χ4v) is 0.0340. The van der Waals surface area contributed by atoms with E-state index in [1.54, 1.807) is 0 Å². The van der Waals surface area contributed by atoms with Crippen LogP contribution in [0.25, 0.3) is 0 Å². The van der Waals surface area contributed by atoms with Crippen LogP contribution >= 0.6 is 0 Å². The number of hydrogen-bond acceptors (Lipinski definition) is 2. The second kappa shape index (κ2) is 3.88. The van der Waals surface area contributed by atoms with Crippen molar-refractivity contribution in [2.75, 3.05) is 13.2 Å². The van der Waals surface area contributed by atoms with E-state index in [1.165, 1.54) is 0 Å². The molecule has 0 rings (SSSR count). The third-order valence-corrected chi connectivity index (χ3v) is 0.167. The normalized spacial score (nSPS) is 11.0. The van der Waals surface area contributed by atoms with E-state index in [9.17, 15) is 0 Å². The highest BCUT2D eigenvalue weighted by atomic mass is 17.1. The molecule has 0 aliphatic heterocycles. The molecule has 0 aromatic heterocycles. The first-order chi connectivity index (χ1) is 2.91. The molecule has 0 amide bonds. The molecule has 1 radical (unpaired) electrons. The molecule has 0 atom stereocenters. The molecule has 0 bridgehead atoms. The lowest BCUT2D eigenvalue weighted by atomic mass is 10.8. The van der Waals surface area contributed by atoms with E-state index < -0.39 is 0 Å². The first-order valence-corrected chi connectivity index (χ1v) is 1.24. The van der Waals surface area contributed by atoms with Gasteiger partial charge in [-0.2, -0.15) is 0 Å². The summed E-state index contributed by atoms with van der Waals surface area (Å²) in [6.07, 6.45) is 0. The highest BCUT2D eigenvalue weighted by Gasteiger charge is 1.71. The Bertz CT molecular complexity index is 20.8. The Hall–Kier alpha value is -0.120. The van der Waals surface area contributed by atoms with Crippen molar-refractivity contribution in [2.24, 2.45) is 0 Å².